The van der Waals surface area contributed by atoms with Crippen LogP contribution in [-0.2, 0) is 11.2 Å². The van der Waals surface area contributed by atoms with Crippen LogP contribution in [0.25, 0.3) is 10.8 Å². The fourth-order valence-electron chi connectivity index (χ4n) is 3.76. The van der Waals surface area contributed by atoms with Crippen molar-refractivity contribution < 1.29 is 46.5 Å². The van der Waals surface area contributed by atoms with Gasteiger partial charge in [0.1, 0.15) is 11.5 Å². The molecule has 1 N–H and O–H groups in total. The Morgan fingerprint density at radius 1 is 0.912 bits per heavy atom. The average Bonchev–Trinajstić information content (AvgIpc) is 3.00. The first-order valence-electron chi connectivity index (χ1n) is 9.47. The molecule has 3 aromatic carbocycles. The van der Waals surface area contributed by atoms with E-state index in [1.54, 1.807) is 0 Å². The molecule has 1 heterocycles. The highest BCUT2D eigenvalue weighted by molar-refractivity contribution is 6.41. The molecule has 0 aliphatic carbocycles. The minimum atomic E-state index is -3.40. The Hall–Kier alpha value is -3.86. The molecule has 176 valence electrons. The molecule has 0 fully saturated rings. The zero-order valence-corrected chi connectivity index (χ0v) is 17.5. The molecule has 2 amide bonds. The summed E-state index contributed by atoms with van der Waals surface area (Å²) in [5, 5.41) is 8.42. The summed E-state index contributed by atoms with van der Waals surface area (Å²) >= 11 is 6.18. The van der Waals surface area contributed by atoms with E-state index in [0.29, 0.717) is 4.90 Å². The maximum absolute atomic E-state index is 13.3. The average molecular weight is 498 g/mol. The number of halogens is 5. The molecule has 1 aliphatic heterocycles. The third-order valence-corrected chi connectivity index (χ3v) is 5.28. The van der Waals surface area contributed by atoms with Crippen LogP contribution in [0.1, 0.15) is 26.3 Å². The van der Waals surface area contributed by atoms with Crippen molar-refractivity contribution in [3.63, 3.8) is 0 Å². The van der Waals surface area contributed by atoms with Gasteiger partial charge in [-0.3, -0.25) is 14.4 Å². The van der Waals surface area contributed by atoms with Gasteiger partial charge in [0.25, 0.3) is 11.8 Å². The molecule has 0 atom stereocenters. The first-order chi connectivity index (χ1) is 16.1. The number of nitrogens with zero attached hydrogens (tertiary/aromatic N) is 1. The number of carboxylic acids is 1. The molecule has 0 radical (unpaired) electrons. The molecule has 3 aromatic rings. The Kier molecular flexibility index (Phi) is 6.05. The molecule has 34 heavy (non-hydrogen) atoms. The normalized spacial score (nSPS) is 13.2. The lowest BCUT2D eigenvalue weighted by Crippen LogP contribution is -2.30. The maximum atomic E-state index is 13.3. The Bertz CT molecular complexity index is 1280. The Morgan fingerprint density at radius 3 is 1.82 bits per heavy atom. The lowest BCUT2D eigenvalue weighted by molar-refractivity contribution is -0.136. The van der Waals surface area contributed by atoms with E-state index in [0.717, 1.165) is 0 Å². The number of carboxylic acid groups (broad SMARTS) is 1. The number of fused-ring (bicyclic) bond motifs is 2. The zero-order chi connectivity index (χ0) is 24.7. The van der Waals surface area contributed by atoms with E-state index in [1.165, 1.54) is 42.5 Å². The lowest BCUT2D eigenvalue weighted by atomic mass is 9.99. The first-order valence-corrected chi connectivity index (χ1v) is 9.85. The lowest BCUT2D eigenvalue weighted by Gasteiger charge is -2.16. The highest BCUT2D eigenvalue weighted by Gasteiger charge is 2.45. The van der Waals surface area contributed by atoms with Crippen LogP contribution < -0.4 is 14.4 Å². The molecule has 7 nitrogen and oxygen atoms in total. The summed E-state index contributed by atoms with van der Waals surface area (Å²) in [6, 6.07) is 8.98. The molecule has 12 heteroatoms. The maximum Gasteiger partial charge on any atom is 0.387 e. The minimum absolute atomic E-state index is 0.150. The van der Waals surface area contributed by atoms with Crippen LogP contribution in [0.15, 0.2) is 42.5 Å². The van der Waals surface area contributed by atoms with E-state index in [1.807, 2.05) is 0 Å². The van der Waals surface area contributed by atoms with Gasteiger partial charge in [-0.05, 0) is 17.7 Å². The number of amides is 2. The van der Waals surface area contributed by atoms with Gasteiger partial charge in [-0.1, -0.05) is 41.9 Å². The topological polar surface area (TPSA) is 93.1 Å². The number of benzene rings is 3. The van der Waals surface area contributed by atoms with Crippen LogP contribution in [0.5, 0.6) is 11.5 Å². The highest BCUT2D eigenvalue weighted by Crippen LogP contribution is 2.47. The molecular formula is C22H12ClF4NO6. The predicted molar refractivity (Wildman–Crippen MR) is 111 cm³/mol. The van der Waals surface area contributed by atoms with Crippen LogP contribution in [0.2, 0.25) is 5.02 Å². The van der Waals surface area contributed by atoms with Crippen molar-refractivity contribution in [2.24, 2.45) is 0 Å². The van der Waals surface area contributed by atoms with Crippen LogP contribution in [0.4, 0.5) is 23.2 Å². The predicted octanol–water partition coefficient (Wildman–Crippen LogP) is 5.12. The number of hydrogen-bond acceptors (Lipinski definition) is 5. The van der Waals surface area contributed by atoms with Gasteiger partial charge in [-0.25, -0.2) is 4.90 Å². The number of anilines is 1. The largest absolute Gasteiger partial charge is 0.481 e. The second-order valence-electron chi connectivity index (χ2n) is 7.01. The van der Waals surface area contributed by atoms with Crippen LogP contribution in [-0.4, -0.2) is 36.1 Å². The van der Waals surface area contributed by atoms with Gasteiger partial charge in [-0.2, -0.15) is 17.6 Å². The smallest absolute Gasteiger partial charge is 0.387 e. The van der Waals surface area contributed by atoms with Crippen molar-refractivity contribution in [1.82, 2.24) is 0 Å². The zero-order valence-electron chi connectivity index (χ0n) is 16.7. The van der Waals surface area contributed by atoms with Crippen molar-refractivity contribution in [3.8, 4) is 11.5 Å². The summed E-state index contributed by atoms with van der Waals surface area (Å²) in [7, 11) is 0. The minimum Gasteiger partial charge on any atom is -0.481 e. The van der Waals surface area contributed by atoms with E-state index in [2.05, 4.69) is 9.47 Å². The van der Waals surface area contributed by atoms with Crippen molar-refractivity contribution in [2.75, 3.05) is 4.90 Å². The number of carbonyl (C=O) groups excluding carboxylic acids is 2. The van der Waals surface area contributed by atoms with Crippen molar-refractivity contribution in [2.45, 2.75) is 19.6 Å². The van der Waals surface area contributed by atoms with Crippen molar-refractivity contribution >= 4 is 45.8 Å². The summed E-state index contributed by atoms with van der Waals surface area (Å²) in [6.45, 7) is -6.80. The van der Waals surface area contributed by atoms with Crippen molar-refractivity contribution in [3.05, 3.63) is 64.2 Å². The molecule has 0 spiro atoms. The number of carbonyl (C=O) groups is 3. The number of hydrogen-bond donors (Lipinski definition) is 1. The summed E-state index contributed by atoms with van der Waals surface area (Å²) in [6.07, 6.45) is -0.397. The standard InChI is InChI=1S/C22H12ClF4NO6/c23-12-7-9(8-14(29)30)5-6-13(12)28-19(31)15-16(20(28)32)18(34-22(26)27)11-4-2-1-3-10(11)17(15)33-21(24)25/h1-7,21-22H,8H2,(H,29,30). The number of imide groups is 1. The molecule has 0 unspecified atom stereocenters. The van der Waals surface area contributed by atoms with E-state index in [-0.39, 0.29) is 27.0 Å². The Balaban J connectivity index is 1.96. The SMILES string of the molecule is O=C(O)Cc1ccc(N2C(=O)c3c(c(OC(F)F)c4ccccc4c3OC(F)F)C2=O)c(Cl)c1. The van der Waals surface area contributed by atoms with E-state index < -0.39 is 60.1 Å². The second kappa shape index (κ2) is 8.82. The van der Waals surface area contributed by atoms with E-state index in [4.69, 9.17) is 16.7 Å². The number of alkyl halides is 4. The van der Waals surface area contributed by atoms with Gasteiger partial charge in [-0.15, -0.1) is 0 Å². The van der Waals surface area contributed by atoms with E-state index >= 15 is 0 Å². The highest BCUT2D eigenvalue weighted by atomic mass is 35.5. The van der Waals surface area contributed by atoms with E-state index in [9.17, 15) is 31.9 Å². The summed E-state index contributed by atoms with van der Waals surface area (Å²) in [5.74, 6) is -4.83. The quantitative estimate of drug-likeness (QED) is 0.359. The van der Waals surface area contributed by atoms with Crippen LogP contribution in [0.3, 0.4) is 0 Å². The van der Waals surface area contributed by atoms with Gasteiger partial charge >= 0.3 is 19.2 Å². The first kappa shape index (κ1) is 23.3. The molecule has 0 saturated heterocycles. The Labute approximate surface area is 193 Å². The summed E-state index contributed by atoms with van der Waals surface area (Å²) < 4.78 is 62.0. The summed E-state index contributed by atoms with van der Waals surface area (Å²) in [4.78, 5) is 38.0. The van der Waals surface area contributed by atoms with Crippen LogP contribution in [0, 0.1) is 0 Å². The third kappa shape index (κ3) is 3.98. The van der Waals surface area contributed by atoms with Gasteiger partial charge in [0, 0.05) is 10.8 Å². The molecule has 0 bridgehead atoms. The second-order valence-corrected chi connectivity index (χ2v) is 7.42. The van der Waals surface area contributed by atoms with Gasteiger partial charge in [0.2, 0.25) is 0 Å². The monoisotopic (exact) mass is 497 g/mol. The number of aliphatic carboxylic acids is 1. The number of rotatable bonds is 7. The molecule has 0 saturated carbocycles. The fourth-order valence-corrected chi connectivity index (χ4v) is 4.05. The molecule has 1 aliphatic rings. The molecule has 0 aromatic heterocycles. The third-order valence-electron chi connectivity index (χ3n) is 4.98. The molecule has 4 rings (SSSR count). The van der Waals surface area contributed by atoms with Gasteiger partial charge < -0.3 is 14.6 Å². The number of ether oxygens (including phenoxy) is 2. The Morgan fingerprint density at radius 2 is 1.41 bits per heavy atom. The van der Waals surface area contributed by atoms with Crippen molar-refractivity contribution in [1.29, 1.82) is 0 Å². The van der Waals surface area contributed by atoms with Gasteiger partial charge in [0.05, 0.1) is 28.3 Å². The van der Waals surface area contributed by atoms with Crippen LogP contribution >= 0.6 is 11.6 Å². The fraction of sp³-hybridized carbons (Fsp3) is 0.136. The summed E-state index contributed by atoms with van der Waals surface area (Å²) in [5.41, 5.74) is -1.33. The van der Waals surface area contributed by atoms with Gasteiger partial charge in [0.15, 0.2) is 0 Å². The molecular weight excluding hydrogens is 486 g/mol.